The van der Waals surface area contributed by atoms with Crippen molar-refractivity contribution < 1.29 is 4.39 Å². The van der Waals surface area contributed by atoms with E-state index in [1.54, 1.807) is 12.1 Å². The molecule has 1 aromatic rings. The number of nitrogens with zero attached hydrogens (tertiary/aromatic N) is 1. The summed E-state index contributed by atoms with van der Waals surface area (Å²) in [6.45, 7) is 11.9. The van der Waals surface area contributed by atoms with Gasteiger partial charge in [0.25, 0.3) is 0 Å². The lowest BCUT2D eigenvalue weighted by Gasteiger charge is -2.28. The van der Waals surface area contributed by atoms with Crippen molar-refractivity contribution in [2.75, 3.05) is 25.0 Å². The Balaban J connectivity index is 2.36. The molecular formula is C15H25FN2. The van der Waals surface area contributed by atoms with Crippen molar-refractivity contribution in [3.63, 3.8) is 0 Å². The van der Waals surface area contributed by atoms with Crippen LogP contribution in [0.25, 0.3) is 0 Å². The van der Waals surface area contributed by atoms with Gasteiger partial charge in [0.15, 0.2) is 0 Å². The zero-order valence-corrected chi connectivity index (χ0v) is 11.9. The van der Waals surface area contributed by atoms with Crippen molar-refractivity contribution in [2.24, 2.45) is 5.92 Å². The van der Waals surface area contributed by atoms with Crippen LogP contribution in [0.1, 0.15) is 27.7 Å². The Labute approximate surface area is 110 Å². The Hall–Kier alpha value is -1.09. The second kappa shape index (κ2) is 7.37. The van der Waals surface area contributed by atoms with Crippen molar-refractivity contribution in [3.05, 3.63) is 30.1 Å². The van der Waals surface area contributed by atoms with Gasteiger partial charge in [-0.05, 0) is 44.0 Å². The van der Waals surface area contributed by atoms with Crippen LogP contribution in [0.2, 0.25) is 0 Å². The van der Waals surface area contributed by atoms with Gasteiger partial charge < -0.3 is 5.32 Å². The highest BCUT2D eigenvalue weighted by Crippen LogP contribution is 2.08. The number of benzene rings is 1. The molecule has 102 valence electrons. The average Bonchev–Trinajstić information content (AvgIpc) is 2.29. The third kappa shape index (κ3) is 5.50. The molecule has 0 saturated heterocycles. The minimum atomic E-state index is -0.191. The Kier molecular flexibility index (Phi) is 6.13. The number of anilines is 1. The van der Waals surface area contributed by atoms with Crippen molar-refractivity contribution >= 4 is 5.69 Å². The Morgan fingerprint density at radius 2 is 1.72 bits per heavy atom. The number of hydrogen-bond donors (Lipinski definition) is 1. The van der Waals surface area contributed by atoms with E-state index in [9.17, 15) is 4.39 Å². The summed E-state index contributed by atoms with van der Waals surface area (Å²) in [5.41, 5.74) is 0.977. The minimum Gasteiger partial charge on any atom is -0.384 e. The molecule has 0 aliphatic carbocycles. The molecule has 0 aliphatic rings. The molecule has 1 rings (SSSR count). The van der Waals surface area contributed by atoms with Crippen molar-refractivity contribution in [3.8, 4) is 0 Å². The van der Waals surface area contributed by atoms with Gasteiger partial charge in [-0.25, -0.2) is 4.39 Å². The van der Waals surface area contributed by atoms with Gasteiger partial charge in [0.1, 0.15) is 5.82 Å². The smallest absolute Gasteiger partial charge is 0.123 e. The summed E-state index contributed by atoms with van der Waals surface area (Å²) < 4.78 is 12.8. The predicted molar refractivity (Wildman–Crippen MR) is 76.4 cm³/mol. The Morgan fingerprint density at radius 3 is 2.22 bits per heavy atom. The molecule has 0 atom stereocenters. The van der Waals surface area contributed by atoms with Crippen molar-refractivity contribution in [1.82, 2.24) is 4.90 Å². The van der Waals surface area contributed by atoms with E-state index < -0.39 is 0 Å². The SMILES string of the molecule is CC(C)CN(CCNc1ccc(F)cc1)C(C)C. The van der Waals surface area contributed by atoms with Gasteiger partial charge in [0, 0.05) is 31.4 Å². The van der Waals surface area contributed by atoms with Crippen LogP contribution < -0.4 is 5.32 Å². The van der Waals surface area contributed by atoms with Crippen molar-refractivity contribution in [1.29, 1.82) is 0 Å². The van der Waals surface area contributed by atoms with Crippen LogP contribution >= 0.6 is 0 Å². The van der Waals surface area contributed by atoms with Gasteiger partial charge in [-0.2, -0.15) is 0 Å². The maximum Gasteiger partial charge on any atom is 0.123 e. The molecule has 0 saturated carbocycles. The first kappa shape index (κ1) is 15.0. The minimum absolute atomic E-state index is 0.191. The monoisotopic (exact) mass is 252 g/mol. The second-order valence-corrected chi connectivity index (χ2v) is 5.42. The summed E-state index contributed by atoms with van der Waals surface area (Å²) in [6.07, 6.45) is 0. The lowest BCUT2D eigenvalue weighted by atomic mass is 10.2. The average molecular weight is 252 g/mol. The molecule has 0 spiro atoms. The molecule has 0 radical (unpaired) electrons. The lowest BCUT2D eigenvalue weighted by Crippen LogP contribution is -2.37. The standard InChI is InChI=1S/C15H25FN2/c1-12(2)11-18(13(3)4)10-9-17-15-7-5-14(16)6-8-15/h5-8,12-13,17H,9-11H2,1-4H3. The van der Waals surface area contributed by atoms with Gasteiger partial charge in [-0.3, -0.25) is 4.90 Å². The summed E-state index contributed by atoms with van der Waals surface area (Å²) >= 11 is 0. The second-order valence-electron chi connectivity index (χ2n) is 5.42. The first-order valence-electron chi connectivity index (χ1n) is 6.72. The highest BCUT2D eigenvalue weighted by atomic mass is 19.1. The van der Waals surface area contributed by atoms with Gasteiger partial charge in [-0.1, -0.05) is 13.8 Å². The number of hydrogen-bond acceptors (Lipinski definition) is 2. The predicted octanol–water partition coefficient (Wildman–Crippen LogP) is 3.60. The van der Waals surface area contributed by atoms with E-state index in [1.807, 2.05) is 0 Å². The van der Waals surface area contributed by atoms with Crippen LogP contribution in [0, 0.1) is 11.7 Å². The molecule has 1 aromatic carbocycles. The van der Waals surface area contributed by atoms with Gasteiger partial charge >= 0.3 is 0 Å². The topological polar surface area (TPSA) is 15.3 Å². The zero-order chi connectivity index (χ0) is 13.5. The molecule has 2 nitrogen and oxygen atoms in total. The Bertz CT molecular complexity index is 333. The lowest BCUT2D eigenvalue weighted by molar-refractivity contribution is 0.205. The number of nitrogens with one attached hydrogen (secondary N) is 1. The number of rotatable bonds is 7. The van der Waals surface area contributed by atoms with Crippen LogP contribution in [-0.2, 0) is 0 Å². The first-order chi connectivity index (χ1) is 8.49. The molecule has 0 unspecified atom stereocenters. The van der Waals surface area contributed by atoms with Crippen LogP contribution in [0.4, 0.5) is 10.1 Å². The van der Waals surface area contributed by atoms with Crippen LogP contribution in [0.3, 0.4) is 0 Å². The third-order valence-corrected chi connectivity index (χ3v) is 2.90. The molecule has 3 heteroatoms. The molecule has 0 aromatic heterocycles. The van der Waals surface area contributed by atoms with E-state index in [4.69, 9.17) is 0 Å². The van der Waals surface area contributed by atoms with Crippen LogP contribution in [-0.4, -0.2) is 30.6 Å². The molecule has 18 heavy (non-hydrogen) atoms. The summed E-state index contributed by atoms with van der Waals surface area (Å²) in [4.78, 5) is 2.46. The van der Waals surface area contributed by atoms with Gasteiger partial charge in [0.05, 0.1) is 0 Å². The molecular weight excluding hydrogens is 227 g/mol. The summed E-state index contributed by atoms with van der Waals surface area (Å²) in [5, 5.41) is 3.32. The largest absolute Gasteiger partial charge is 0.384 e. The summed E-state index contributed by atoms with van der Waals surface area (Å²) in [6, 6.07) is 7.07. The maximum atomic E-state index is 12.8. The van der Waals surface area contributed by atoms with Crippen molar-refractivity contribution in [2.45, 2.75) is 33.7 Å². The van der Waals surface area contributed by atoms with E-state index >= 15 is 0 Å². The summed E-state index contributed by atoms with van der Waals surface area (Å²) in [7, 11) is 0. The van der Waals surface area contributed by atoms with Crippen LogP contribution in [0.15, 0.2) is 24.3 Å². The molecule has 0 fully saturated rings. The number of halogens is 1. The third-order valence-electron chi connectivity index (χ3n) is 2.90. The maximum absolute atomic E-state index is 12.8. The summed E-state index contributed by atoms with van der Waals surface area (Å²) in [5.74, 6) is 0.488. The quantitative estimate of drug-likeness (QED) is 0.797. The molecule has 0 bridgehead atoms. The first-order valence-corrected chi connectivity index (χ1v) is 6.72. The molecule has 1 N–H and O–H groups in total. The fourth-order valence-corrected chi connectivity index (χ4v) is 1.94. The molecule has 0 aliphatic heterocycles. The van der Waals surface area contributed by atoms with E-state index in [-0.39, 0.29) is 5.82 Å². The van der Waals surface area contributed by atoms with Gasteiger partial charge in [0.2, 0.25) is 0 Å². The van der Waals surface area contributed by atoms with Gasteiger partial charge in [-0.15, -0.1) is 0 Å². The normalized spacial score (nSPS) is 11.6. The highest BCUT2D eigenvalue weighted by molar-refractivity contribution is 5.42. The van der Waals surface area contributed by atoms with E-state index in [0.29, 0.717) is 12.0 Å². The molecule has 0 heterocycles. The van der Waals surface area contributed by atoms with E-state index in [0.717, 1.165) is 25.3 Å². The fraction of sp³-hybridized carbons (Fsp3) is 0.600. The molecule has 0 amide bonds. The Morgan fingerprint density at radius 1 is 1.11 bits per heavy atom. The fourth-order valence-electron chi connectivity index (χ4n) is 1.94. The van der Waals surface area contributed by atoms with Crippen LogP contribution in [0.5, 0.6) is 0 Å². The van der Waals surface area contributed by atoms with E-state index in [2.05, 4.69) is 37.9 Å². The zero-order valence-electron chi connectivity index (χ0n) is 11.9. The van der Waals surface area contributed by atoms with E-state index in [1.165, 1.54) is 12.1 Å². The highest BCUT2D eigenvalue weighted by Gasteiger charge is 2.10.